The molecule has 0 amide bonds. The molecule has 2 heterocycles. The van der Waals surface area contributed by atoms with E-state index in [2.05, 4.69) is 57.6 Å². The van der Waals surface area contributed by atoms with Crippen LogP contribution >= 0.6 is 0 Å². The maximum Gasteiger partial charge on any atom is 0.487 e. The first kappa shape index (κ1) is 16.1. The minimum absolute atomic E-state index is 0.301. The summed E-state index contributed by atoms with van der Waals surface area (Å²) in [7, 11) is 1.74. The Morgan fingerprint density at radius 2 is 1.81 bits per heavy atom. The van der Waals surface area contributed by atoms with Crippen molar-refractivity contribution in [2.24, 2.45) is 0 Å². The van der Waals surface area contributed by atoms with Gasteiger partial charge in [0.1, 0.15) is 0 Å². The van der Waals surface area contributed by atoms with E-state index >= 15 is 0 Å². The Balaban J connectivity index is 2.09. The van der Waals surface area contributed by atoms with Gasteiger partial charge in [-0.3, -0.25) is 4.98 Å². The van der Waals surface area contributed by atoms with Crippen LogP contribution in [-0.2, 0) is 9.31 Å². The molecular weight excluding hydrogens is 263 g/mol. The van der Waals surface area contributed by atoms with Crippen molar-refractivity contribution in [3.63, 3.8) is 0 Å². The summed E-state index contributed by atoms with van der Waals surface area (Å²) in [6, 6.07) is 2.11. The zero-order valence-corrected chi connectivity index (χ0v) is 13.9. The van der Waals surface area contributed by atoms with Gasteiger partial charge in [0.15, 0.2) is 0 Å². The lowest BCUT2D eigenvalue weighted by atomic mass is 9.89. The van der Waals surface area contributed by atoms with E-state index in [1.807, 2.05) is 24.4 Å². The summed E-state index contributed by atoms with van der Waals surface area (Å²) in [4.78, 5) is 6.43. The predicted molar refractivity (Wildman–Crippen MR) is 88.3 cm³/mol. The van der Waals surface area contributed by atoms with Crippen LogP contribution in [0, 0.1) is 0 Å². The predicted octanol–water partition coefficient (Wildman–Crippen LogP) is 3.18. The smallest absolute Gasteiger partial charge is 0.400 e. The molecule has 1 saturated heterocycles. The molecular formula is C16H25BN2O2. The molecule has 1 aliphatic heterocycles. The third-order valence-corrected chi connectivity index (χ3v) is 4.38. The first-order valence-electron chi connectivity index (χ1n) is 7.45. The largest absolute Gasteiger partial charge is 0.487 e. The van der Waals surface area contributed by atoms with Gasteiger partial charge >= 0.3 is 7.12 Å². The van der Waals surface area contributed by atoms with Crippen molar-refractivity contribution >= 4 is 18.9 Å². The Kier molecular flexibility index (Phi) is 4.44. The highest BCUT2D eigenvalue weighted by atomic mass is 16.7. The Bertz CT molecular complexity index is 513. The lowest BCUT2D eigenvalue weighted by molar-refractivity contribution is 0.00578. The van der Waals surface area contributed by atoms with E-state index in [-0.39, 0.29) is 18.3 Å². The molecule has 0 aromatic carbocycles. The van der Waals surface area contributed by atoms with Crippen LogP contribution in [0.15, 0.2) is 24.4 Å². The fraction of sp³-hybridized carbons (Fsp3) is 0.562. The number of aromatic nitrogens is 1. The highest BCUT2D eigenvalue weighted by Crippen LogP contribution is 2.37. The summed E-state index contributed by atoms with van der Waals surface area (Å²) in [5.74, 6) is 1.95. The average molecular weight is 288 g/mol. The van der Waals surface area contributed by atoms with Gasteiger partial charge < -0.3 is 14.2 Å². The second kappa shape index (κ2) is 5.81. The number of rotatable bonds is 4. The minimum atomic E-state index is -0.317. The topological polar surface area (TPSA) is 34.6 Å². The maximum atomic E-state index is 5.94. The summed E-state index contributed by atoms with van der Waals surface area (Å²) < 4.78 is 11.9. The van der Waals surface area contributed by atoms with Crippen LogP contribution in [0.25, 0.3) is 6.08 Å². The molecule has 1 aliphatic rings. The molecule has 0 atom stereocenters. The average Bonchev–Trinajstić information content (AvgIpc) is 2.64. The van der Waals surface area contributed by atoms with Crippen LogP contribution in [0.2, 0.25) is 0 Å². The third kappa shape index (κ3) is 3.47. The van der Waals surface area contributed by atoms with Crippen molar-refractivity contribution in [3.8, 4) is 0 Å². The minimum Gasteiger partial charge on any atom is -0.400 e. The number of nitrogens with zero attached hydrogens (tertiary/aromatic N) is 2. The van der Waals surface area contributed by atoms with Crippen molar-refractivity contribution in [3.05, 3.63) is 30.0 Å². The lowest BCUT2D eigenvalue weighted by Crippen LogP contribution is -2.41. The molecule has 0 spiro atoms. The number of hydrogen-bond acceptors (Lipinski definition) is 4. The molecule has 0 bridgehead atoms. The van der Waals surface area contributed by atoms with E-state index in [0.717, 1.165) is 17.8 Å². The molecule has 5 heteroatoms. The van der Waals surface area contributed by atoms with Gasteiger partial charge in [0.05, 0.1) is 23.1 Å². The third-order valence-electron chi connectivity index (χ3n) is 4.38. The Morgan fingerprint density at radius 3 is 2.38 bits per heavy atom. The van der Waals surface area contributed by atoms with Crippen LogP contribution in [0.5, 0.6) is 0 Å². The van der Waals surface area contributed by atoms with Gasteiger partial charge in [-0.15, -0.1) is 0 Å². The summed E-state index contributed by atoms with van der Waals surface area (Å²) in [5.41, 5.74) is 1.55. The van der Waals surface area contributed by atoms with Crippen LogP contribution in [0.4, 0.5) is 5.69 Å². The van der Waals surface area contributed by atoms with Crippen molar-refractivity contribution in [1.29, 1.82) is 0 Å². The molecule has 0 radical (unpaired) electrons. The lowest BCUT2D eigenvalue weighted by Gasteiger charge is -2.32. The van der Waals surface area contributed by atoms with E-state index in [1.54, 1.807) is 0 Å². The highest BCUT2D eigenvalue weighted by Gasteiger charge is 2.49. The van der Waals surface area contributed by atoms with Crippen LogP contribution in [0.1, 0.15) is 40.2 Å². The summed E-state index contributed by atoms with van der Waals surface area (Å²) in [6.45, 7) is 11.3. The second-order valence-electron chi connectivity index (χ2n) is 6.47. The summed E-state index contributed by atoms with van der Waals surface area (Å²) in [6.07, 6.45) is 5.71. The zero-order chi connectivity index (χ0) is 15.7. The van der Waals surface area contributed by atoms with Crippen LogP contribution < -0.4 is 4.90 Å². The van der Waals surface area contributed by atoms with E-state index in [4.69, 9.17) is 9.31 Å². The first-order chi connectivity index (χ1) is 9.75. The Morgan fingerprint density at radius 1 is 1.19 bits per heavy atom. The van der Waals surface area contributed by atoms with Gasteiger partial charge in [0.25, 0.3) is 0 Å². The SMILES string of the molecule is CCN(C)c1cncc(/C=C/B2OC(C)(C)C(C)(C)O2)c1. The molecule has 0 aliphatic carbocycles. The molecule has 2 rings (SSSR count). The van der Waals surface area contributed by atoms with Gasteiger partial charge in [-0.05, 0) is 46.2 Å². The Hall–Kier alpha value is -1.33. The fourth-order valence-electron chi connectivity index (χ4n) is 2.08. The molecule has 1 aromatic rings. The molecule has 4 nitrogen and oxygen atoms in total. The van der Waals surface area contributed by atoms with Crippen LogP contribution in [-0.4, -0.2) is 36.9 Å². The monoisotopic (exact) mass is 288 g/mol. The number of anilines is 1. The second-order valence-corrected chi connectivity index (χ2v) is 6.47. The summed E-state index contributed by atoms with van der Waals surface area (Å²) in [5, 5.41) is 0. The molecule has 0 N–H and O–H groups in total. The molecule has 1 aromatic heterocycles. The van der Waals surface area contributed by atoms with E-state index in [9.17, 15) is 0 Å². The van der Waals surface area contributed by atoms with Gasteiger partial charge in [-0.25, -0.2) is 0 Å². The molecule has 1 fully saturated rings. The van der Waals surface area contributed by atoms with Gasteiger partial charge in [-0.2, -0.15) is 0 Å². The van der Waals surface area contributed by atoms with E-state index in [0.29, 0.717) is 0 Å². The van der Waals surface area contributed by atoms with Gasteiger partial charge in [0, 0.05) is 19.8 Å². The number of hydrogen-bond donors (Lipinski definition) is 0. The quantitative estimate of drug-likeness (QED) is 0.797. The van der Waals surface area contributed by atoms with Crippen molar-refractivity contribution < 1.29 is 9.31 Å². The molecule has 0 unspecified atom stereocenters. The van der Waals surface area contributed by atoms with Gasteiger partial charge in [0.2, 0.25) is 0 Å². The van der Waals surface area contributed by atoms with Crippen molar-refractivity contribution in [2.75, 3.05) is 18.5 Å². The standard InChI is InChI=1S/C16H25BN2O2/c1-7-19(6)14-10-13(11-18-12-14)8-9-17-20-15(2,3)16(4,5)21-17/h8-12H,7H2,1-6H3/b9-8+. The Labute approximate surface area is 128 Å². The molecule has 21 heavy (non-hydrogen) atoms. The molecule has 0 saturated carbocycles. The van der Waals surface area contributed by atoms with Crippen LogP contribution in [0.3, 0.4) is 0 Å². The van der Waals surface area contributed by atoms with E-state index < -0.39 is 0 Å². The van der Waals surface area contributed by atoms with E-state index in [1.165, 1.54) is 0 Å². The molecule has 114 valence electrons. The van der Waals surface area contributed by atoms with Crippen molar-refractivity contribution in [2.45, 2.75) is 45.8 Å². The van der Waals surface area contributed by atoms with Crippen molar-refractivity contribution in [1.82, 2.24) is 4.98 Å². The highest BCUT2D eigenvalue weighted by molar-refractivity contribution is 6.52. The summed E-state index contributed by atoms with van der Waals surface area (Å²) >= 11 is 0. The fourth-order valence-corrected chi connectivity index (χ4v) is 2.08. The first-order valence-corrected chi connectivity index (χ1v) is 7.45. The normalized spacial score (nSPS) is 20.2. The number of pyridine rings is 1. The van der Waals surface area contributed by atoms with Gasteiger partial charge in [-0.1, -0.05) is 12.1 Å². The zero-order valence-electron chi connectivity index (χ0n) is 13.9. The maximum absolute atomic E-state index is 5.94.